The van der Waals surface area contributed by atoms with E-state index >= 15 is 0 Å². The first-order valence-electron chi connectivity index (χ1n) is 15.5. The monoisotopic (exact) mass is 738 g/mol. The van der Waals surface area contributed by atoms with Crippen molar-refractivity contribution in [3.05, 3.63) is 132 Å². The largest absolute Gasteiger partial charge is 0.416 e. The molecule has 8 aromatic rings. The van der Waals surface area contributed by atoms with E-state index in [0.29, 0.717) is 53.9 Å². The minimum absolute atomic E-state index is 0.342. The van der Waals surface area contributed by atoms with Gasteiger partial charge in [0.1, 0.15) is 21.4 Å². The molecule has 4 aromatic heterocycles. The predicted molar refractivity (Wildman–Crippen MR) is 189 cm³/mol. The topological polar surface area (TPSA) is 77.3 Å². The number of fused-ring (bicyclic) bond motifs is 1. The molecule has 0 atom stereocenters. The summed E-state index contributed by atoms with van der Waals surface area (Å²) in [7, 11) is 0. The van der Waals surface area contributed by atoms with Crippen LogP contribution in [0, 0.1) is 0 Å². The Morgan fingerprint density at radius 2 is 0.769 bits per heavy atom. The second-order valence-electron chi connectivity index (χ2n) is 11.6. The molecule has 256 valence electrons. The summed E-state index contributed by atoms with van der Waals surface area (Å²) in [5.74, 6) is 0. The number of hydrogen-bond acceptors (Lipinski definition) is 8. The number of nitrogens with zero attached hydrogens (tertiary/aromatic N) is 6. The lowest BCUT2D eigenvalue weighted by atomic mass is 10.0. The number of benzene rings is 4. The number of hydrogen-bond donors (Lipinski definition) is 0. The highest BCUT2D eigenvalue weighted by molar-refractivity contribution is 7.18. The highest BCUT2D eigenvalue weighted by Crippen LogP contribution is 2.37. The Kier molecular flexibility index (Phi) is 8.35. The van der Waals surface area contributed by atoms with Crippen LogP contribution in [-0.2, 0) is 12.4 Å². The summed E-state index contributed by atoms with van der Waals surface area (Å²) in [4.78, 5) is 9.16. The second kappa shape index (κ2) is 13.0. The zero-order valence-corrected chi connectivity index (χ0v) is 27.9. The summed E-state index contributed by atoms with van der Waals surface area (Å²) < 4.78 is 79.7. The first-order valence-corrected chi connectivity index (χ1v) is 17.1. The zero-order valence-electron chi connectivity index (χ0n) is 26.3. The van der Waals surface area contributed by atoms with Crippen LogP contribution in [0.5, 0.6) is 0 Å². The van der Waals surface area contributed by atoms with Crippen LogP contribution in [0.15, 0.2) is 121 Å². The van der Waals surface area contributed by atoms with Crippen molar-refractivity contribution in [1.82, 2.24) is 30.4 Å². The number of rotatable bonds is 6. The molecule has 0 spiro atoms. The van der Waals surface area contributed by atoms with Crippen molar-refractivity contribution in [1.29, 1.82) is 0 Å². The van der Waals surface area contributed by atoms with E-state index in [9.17, 15) is 26.3 Å². The Morgan fingerprint density at radius 3 is 1.21 bits per heavy atom. The van der Waals surface area contributed by atoms with Gasteiger partial charge < -0.3 is 0 Å². The SMILES string of the molecule is FC(F)(F)c1cccc(-c2cccc(-c3nnc(-c4ccc5ccc(-c6nnc(-c7cccc(-c8cccc(C(F)(F)F)c8)n7)s6)cc5c4)s3)n2)c1. The average molecular weight is 739 g/mol. The quantitative estimate of drug-likeness (QED) is 0.158. The lowest BCUT2D eigenvalue weighted by Crippen LogP contribution is -2.04. The second-order valence-corrected chi connectivity index (χ2v) is 13.5. The van der Waals surface area contributed by atoms with E-state index in [1.165, 1.54) is 34.8 Å². The van der Waals surface area contributed by atoms with Crippen molar-refractivity contribution in [2.75, 3.05) is 0 Å². The summed E-state index contributed by atoms with van der Waals surface area (Å²) >= 11 is 2.63. The van der Waals surface area contributed by atoms with E-state index in [4.69, 9.17) is 0 Å². The standard InChI is InChI=1S/C38H20F6N6S2/c39-37(40,41)27-7-1-5-22(19-27)29-9-3-11-31(45-29)35-49-47-33(51-35)24-15-13-21-14-16-25(18-26(21)17-24)34-48-50-36(52-34)32-12-4-10-30(46-32)23-6-2-8-28(20-23)38(42,43)44/h1-20H. The number of halogens is 6. The molecular weight excluding hydrogens is 719 g/mol. The van der Waals surface area contributed by atoms with Crippen molar-refractivity contribution in [2.24, 2.45) is 0 Å². The van der Waals surface area contributed by atoms with E-state index in [2.05, 4.69) is 30.4 Å². The Bertz CT molecular complexity index is 2420. The molecule has 0 radical (unpaired) electrons. The Labute approximate surface area is 299 Å². The summed E-state index contributed by atoms with van der Waals surface area (Å²) in [5.41, 5.74) is 2.57. The molecule has 0 bridgehead atoms. The van der Waals surface area contributed by atoms with Gasteiger partial charge in [-0.2, -0.15) is 26.3 Å². The number of pyridine rings is 2. The number of aromatic nitrogens is 6. The van der Waals surface area contributed by atoms with Crippen molar-refractivity contribution >= 4 is 33.4 Å². The van der Waals surface area contributed by atoms with E-state index in [-0.39, 0.29) is 0 Å². The van der Waals surface area contributed by atoms with Crippen molar-refractivity contribution < 1.29 is 26.3 Å². The zero-order chi connectivity index (χ0) is 36.0. The molecule has 0 aliphatic rings. The van der Waals surface area contributed by atoms with Gasteiger partial charge in [-0.05, 0) is 71.4 Å². The molecule has 52 heavy (non-hydrogen) atoms. The van der Waals surface area contributed by atoms with E-state index < -0.39 is 23.5 Å². The lowest BCUT2D eigenvalue weighted by molar-refractivity contribution is -0.138. The third-order valence-electron chi connectivity index (χ3n) is 8.09. The van der Waals surface area contributed by atoms with Gasteiger partial charge in [-0.25, -0.2) is 9.97 Å². The molecule has 6 nitrogen and oxygen atoms in total. The summed E-state index contributed by atoms with van der Waals surface area (Å²) in [6.07, 6.45) is -8.93. The van der Waals surface area contributed by atoms with E-state index in [1.807, 2.05) is 36.4 Å². The van der Waals surface area contributed by atoms with Crippen LogP contribution in [0.3, 0.4) is 0 Å². The minimum atomic E-state index is -4.46. The van der Waals surface area contributed by atoms with Crippen LogP contribution in [0.4, 0.5) is 26.3 Å². The molecule has 0 saturated heterocycles. The van der Waals surface area contributed by atoms with Gasteiger partial charge >= 0.3 is 12.4 Å². The maximum Gasteiger partial charge on any atom is 0.416 e. The highest BCUT2D eigenvalue weighted by Gasteiger charge is 2.31. The first kappa shape index (κ1) is 33.3. The normalized spacial score (nSPS) is 12.0. The van der Waals surface area contributed by atoms with Crippen LogP contribution in [0.1, 0.15) is 11.1 Å². The Balaban J connectivity index is 1.05. The fraction of sp³-hybridized carbons (Fsp3) is 0.0526. The van der Waals surface area contributed by atoms with Crippen LogP contribution < -0.4 is 0 Å². The Morgan fingerprint density at radius 1 is 0.365 bits per heavy atom. The van der Waals surface area contributed by atoms with Crippen LogP contribution in [0.25, 0.3) is 75.8 Å². The number of alkyl halides is 6. The van der Waals surface area contributed by atoms with Crippen molar-refractivity contribution in [3.8, 4) is 65.1 Å². The third-order valence-corrected chi connectivity index (χ3v) is 10.1. The van der Waals surface area contributed by atoms with Crippen LogP contribution in [-0.4, -0.2) is 30.4 Å². The summed E-state index contributed by atoms with van der Waals surface area (Å²) in [5, 5.41) is 21.6. The van der Waals surface area contributed by atoms with Gasteiger partial charge in [0, 0.05) is 22.3 Å². The maximum absolute atomic E-state index is 13.3. The van der Waals surface area contributed by atoms with Crippen LogP contribution >= 0.6 is 22.7 Å². The molecule has 0 aliphatic carbocycles. The van der Waals surface area contributed by atoms with E-state index in [0.717, 1.165) is 46.2 Å². The van der Waals surface area contributed by atoms with Gasteiger partial charge in [-0.15, -0.1) is 20.4 Å². The maximum atomic E-state index is 13.3. The van der Waals surface area contributed by atoms with Gasteiger partial charge in [0.2, 0.25) is 0 Å². The first-order chi connectivity index (χ1) is 25.0. The summed E-state index contributed by atoms with van der Waals surface area (Å²) in [6, 6.07) is 32.1. The smallest absolute Gasteiger partial charge is 0.245 e. The fourth-order valence-electron chi connectivity index (χ4n) is 5.54. The molecule has 0 saturated carbocycles. The molecule has 4 heterocycles. The predicted octanol–water partition coefficient (Wildman–Crippen LogP) is 11.4. The van der Waals surface area contributed by atoms with Gasteiger partial charge in [-0.1, -0.05) is 83.3 Å². The molecule has 4 aromatic carbocycles. The van der Waals surface area contributed by atoms with Gasteiger partial charge in [0.05, 0.1) is 22.5 Å². The van der Waals surface area contributed by atoms with Crippen molar-refractivity contribution in [3.63, 3.8) is 0 Å². The van der Waals surface area contributed by atoms with Crippen molar-refractivity contribution in [2.45, 2.75) is 12.4 Å². The molecule has 0 fully saturated rings. The van der Waals surface area contributed by atoms with Gasteiger partial charge in [0.25, 0.3) is 0 Å². The third kappa shape index (κ3) is 6.77. The molecule has 0 unspecified atom stereocenters. The fourth-order valence-corrected chi connectivity index (χ4v) is 7.16. The highest BCUT2D eigenvalue weighted by atomic mass is 32.1. The van der Waals surface area contributed by atoms with Gasteiger partial charge in [0.15, 0.2) is 10.0 Å². The molecule has 8 rings (SSSR count). The molecule has 0 aliphatic heterocycles. The summed E-state index contributed by atoms with van der Waals surface area (Å²) in [6.45, 7) is 0. The Hall–Kier alpha value is -5.86. The molecule has 0 N–H and O–H groups in total. The lowest BCUT2D eigenvalue weighted by Gasteiger charge is -2.08. The van der Waals surface area contributed by atoms with Gasteiger partial charge in [-0.3, -0.25) is 0 Å². The molecule has 0 amide bonds. The molecule has 14 heteroatoms. The van der Waals surface area contributed by atoms with Crippen LogP contribution in [0.2, 0.25) is 0 Å². The average Bonchev–Trinajstić information content (AvgIpc) is 3.86. The molecular formula is C38H20F6N6S2. The minimum Gasteiger partial charge on any atom is -0.245 e. The van der Waals surface area contributed by atoms with E-state index in [1.54, 1.807) is 48.5 Å².